The molecular weight excluding hydrogens is 356 g/mol. The maximum atomic E-state index is 13.5. The fourth-order valence-electron chi connectivity index (χ4n) is 7.70. The van der Waals surface area contributed by atoms with Gasteiger partial charge < -0.3 is 20.3 Å². The summed E-state index contributed by atoms with van der Waals surface area (Å²) in [7, 11) is 3.59. The molecule has 6 atom stereocenters. The zero-order valence-corrected chi connectivity index (χ0v) is 16.7. The number of likely N-dealkylation sites (N-methyl/N-ethyl adjacent to an activating group) is 1. The Kier molecular flexibility index (Phi) is 3.49. The second-order valence-corrected chi connectivity index (χ2v) is 9.16. The lowest BCUT2D eigenvalue weighted by atomic mass is 9.45. The summed E-state index contributed by atoms with van der Waals surface area (Å²) in [5.41, 5.74) is 0.476. The van der Waals surface area contributed by atoms with Crippen LogP contribution < -0.4 is 5.32 Å². The second kappa shape index (κ2) is 5.38. The number of carbonyl (C=O) groups excluding carboxylic acids is 1. The van der Waals surface area contributed by atoms with E-state index in [4.69, 9.17) is 4.74 Å². The molecule has 0 radical (unpaired) electrons. The van der Waals surface area contributed by atoms with Crippen LogP contribution in [-0.2, 0) is 14.9 Å². The Morgan fingerprint density at radius 2 is 2.18 bits per heavy atom. The minimum atomic E-state index is -1.13. The van der Waals surface area contributed by atoms with E-state index in [1.807, 2.05) is 25.1 Å². The molecule has 0 amide bonds. The summed E-state index contributed by atoms with van der Waals surface area (Å²) < 4.78 is 5.98. The Hall–Kier alpha value is -1.89. The normalized spacial score (nSPS) is 46.7. The van der Waals surface area contributed by atoms with Crippen molar-refractivity contribution in [3.05, 3.63) is 41.5 Å². The van der Waals surface area contributed by atoms with Crippen LogP contribution in [0.25, 0.3) is 0 Å². The zero-order chi connectivity index (χ0) is 19.9. The predicted octanol–water partition coefficient (Wildman–Crippen LogP) is 1.39. The second-order valence-electron chi connectivity index (χ2n) is 9.16. The monoisotopic (exact) mass is 385 g/mol. The first kappa shape index (κ1) is 18.2. The third kappa shape index (κ3) is 1.52. The lowest BCUT2D eigenvalue weighted by molar-refractivity contribution is -0.944. The van der Waals surface area contributed by atoms with Crippen LogP contribution in [0.1, 0.15) is 25.3 Å². The van der Waals surface area contributed by atoms with Crippen molar-refractivity contribution >= 4 is 11.7 Å². The number of fused-ring (bicyclic) bond motifs is 3. The van der Waals surface area contributed by atoms with E-state index < -0.39 is 22.6 Å². The first-order chi connectivity index (χ1) is 13.4. The van der Waals surface area contributed by atoms with Crippen molar-refractivity contribution in [1.29, 1.82) is 0 Å². The van der Waals surface area contributed by atoms with Crippen molar-refractivity contribution in [2.75, 3.05) is 39.2 Å². The van der Waals surface area contributed by atoms with Crippen LogP contribution in [0, 0.1) is 11.3 Å². The van der Waals surface area contributed by atoms with Crippen LogP contribution in [0.2, 0.25) is 0 Å². The summed E-state index contributed by atoms with van der Waals surface area (Å²) >= 11 is 0. The number of ether oxygens (including phenoxy) is 1. The SMILES string of the molecule is C/C=C1/C[N@+]2(C)CC[C@@]34c5ccccc5N[C@]32[C@@H](O)C[C@H]1C4(CO)C(=O)OC. The van der Waals surface area contributed by atoms with E-state index in [2.05, 4.69) is 24.5 Å². The van der Waals surface area contributed by atoms with E-state index in [1.54, 1.807) is 0 Å². The lowest BCUT2D eigenvalue weighted by Gasteiger charge is -2.58. The molecule has 5 aliphatic rings. The van der Waals surface area contributed by atoms with Crippen molar-refractivity contribution < 1.29 is 24.2 Å². The molecule has 3 saturated heterocycles. The Morgan fingerprint density at radius 1 is 1.43 bits per heavy atom. The fourth-order valence-corrected chi connectivity index (χ4v) is 7.70. The number of quaternary nitrogens is 1. The molecule has 4 heterocycles. The summed E-state index contributed by atoms with van der Waals surface area (Å²) in [6.45, 7) is 3.26. The summed E-state index contributed by atoms with van der Waals surface area (Å²) in [5.74, 6) is -0.629. The first-order valence-electron chi connectivity index (χ1n) is 10.1. The van der Waals surface area contributed by atoms with Gasteiger partial charge in [0.05, 0.1) is 32.7 Å². The number of para-hydroxylation sites is 1. The van der Waals surface area contributed by atoms with Gasteiger partial charge in [0.15, 0.2) is 0 Å². The smallest absolute Gasteiger partial charge is 0.316 e. The third-order valence-electron chi connectivity index (χ3n) is 8.64. The van der Waals surface area contributed by atoms with Gasteiger partial charge in [-0.05, 0) is 30.5 Å². The van der Waals surface area contributed by atoms with E-state index in [-0.39, 0.29) is 18.5 Å². The van der Waals surface area contributed by atoms with E-state index >= 15 is 0 Å². The number of nitrogens with zero attached hydrogens (tertiary/aromatic N) is 1. The summed E-state index contributed by atoms with van der Waals surface area (Å²) in [5, 5.41) is 26.2. The number of aliphatic hydroxyl groups excluding tert-OH is 2. The molecule has 6 nitrogen and oxygen atoms in total. The highest BCUT2D eigenvalue weighted by molar-refractivity contribution is 5.85. The van der Waals surface area contributed by atoms with Gasteiger partial charge in [-0.3, -0.25) is 9.28 Å². The van der Waals surface area contributed by atoms with Gasteiger partial charge in [0.2, 0.25) is 5.66 Å². The number of hydrogen-bond acceptors (Lipinski definition) is 5. The molecule has 28 heavy (non-hydrogen) atoms. The number of esters is 1. The van der Waals surface area contributed by atoms with Gasteiger partial charge in [-0.15, -0.1) is 0 Å². The van der Waals surface area contributed by atoms with Gasteiger partial charge in [-0.1, -0.05) is 24.3 Å². The largest absolute Gasteiger partial charge is 0.468 e. The number of anilines is 1. The molecule has 1 aromatic carbocycles. The highest BCUT2D eigenvalue weighted by atomic mass is 16.5. The van der Waals surface area contributed by atoms with Crippen molar-refractivity contribution in [1.82, 2.24) is 0 Å². The van der Waals surface area contributed by atoms with Gasteiger partial charge in [-0.2, -0.15) is 0 Å². The number of hydrogen-bond donors (Lipinski definition) is 3. The van der Waals surface area contributed by atoms with Crippen LogP contribution in [0.5, 0.6) is 0 Å². The van der Waals surface area contributed by atoms with Gasteiger partial charge in [0.1, 0.15) is 18.1 Å². The number of rotatable bonds is 2. The number of methoxy groups -OCH3 is 1. The highest BCUT2D eigenvalue weighted by Crippen LogP contribution is 2.74. The average Bonchev–Trinajstić information content (AvgIpc) is 3.12. The van der Waals surface area contributed by atoms with Crippen molar-refractivity contribution in [2.45, 2.75) is 36.9 Å². The first-order valence-corrected chi connectivity index (χ1v) is 10.1. The average molecular weight is 385 g/mol. The summed E-state index contributed by atoms with van der Waals surface area (Å²) in [6.07, 6.45) is 2.59. The maximum Gasteiger partial charge on any atom is 0.316 e. The summed E-state index contributed by atoms with van der Waals surface area (Å²) in [4.78, 5) is 13.5. The minimum Gasteiger partial charge on any atom is -0.468 e. The number of aliphatic hydroxyl groups is 2. The van der Waals surface area contributed by atoms with Crippen LogP contribution in [-0.4, -0.2) is 66.3 Å². The standard InChI is InChI=1S/C22H29N2O4/c1-4-14-12-24(2)10-9-21-15-7-5-6-8-17(15)23-22(21,24)18(26)11-16(14)20(21,13-25)19(27)28-3/h4-8,16,18,23,25-26H,9-13H2,1-3H3/q+1/b14-4-/t16-,18+,20?,21+,22+,24+/m1/s1. The Balaban J connectivity index is 1.96. The van der Waals surface area contributed by atoms with Gasteiger partial charge >= 0.3 is 5.97 Å². The maximum absolute atomic E-state index is 13.5. The van der Waals surface area contributed by atoms with Crippen molar-refractivity contribution in [2.24, 2.45) is 11.3 Å². The number of carbonyl (C=O) groups is 1. The fraction of sp³-hybridized carbons (Fsp3) is 0.591. The Morgan fingerprint density at radius 3 is 2.86 bits per heavy atom. The van der Waals surface area contributed by atoms with Gasteiger partial charge in [-0.25, -0.2) is 0 Å². The minimum absolute atomic E-state index is 0.258. The van der Waals surface area contributed by atoms with Gasteiger partial charge in [0.25, 0.3) is 0 Å². The molecule has 6 heteroatoms. The van der Waals surface area contributed by atoms with Crippen LogP contribution in [0.15, 0.2) is 35.9 Å². The van der Waals surface area contributed by atoms with Crippen LogP contribution in [0.4, 0.5) is 5.69 Å². The third-order valence-corrected chi connectivity index (χ3v) is 8.64. The highest BCUT2D eigenvalue weighted by Gasteiger charge is 2.88. The number of allylic oxidation sites excluding steroid dienone is 1. The molecule has 1 aromatic rings. The lowest BCUT2D eigenvalue weighted by Crippen LogP contribution is -2.78. The summed E-state index contributed by atoms with van der Waals surface area (Å²) in [6, 6.07) is 8.04. The van der Waals surface area contributed by atoms with E-state index in [1.165, 1.54) is 7.11 Å². The molecule has 150 valence electrons. The molecule has 4 aliphatic heterocycles. The molecule has 1 spiro atoms. The van der Waals surface area contributed by atoms with E-state index in [9.17, 15) is 15.0 Å². The quantitative estimate of drug-likeness (QED) is 0.407. The number of benzene rings is 1. The molecule has 4 fully saturated rings. The molecule has 6 rings (SSSR count). The molecule has 1 saturated carbocycles. The Bertz CT molecular complexity index is 900. The molecular formula is C22H29N2O4+. The van der Waals surface area contributed by atoms with Crippen molar-refractivity contribution in [3.63, 3.8) is 0 Å². The molecule has 1 aliphatic carbocycles. The Labute approximate surface area is 165 Å². The van der Waals surface area contributed by atoms with Crippen LogP contribution in [0.3, 0.4) is 0 Å². The predicted molar refractivity (Wildman–Crippen MR) is 104 cm³/mol. The topological polar surface area (TPSA) is 78.8 Å². The van der Waals surface area contributed by atoms with Crippen LogP contribution >= 0.6 is 0 Å². The van der Waals surface area contributed by atoms with E-state index in [0.717, 1.165) is 29.9 Å². The molecule has 3 N–H and O–H groups in total. The zero-order valence-electron chi connectivity index (χ0n) is 16.7. The molecule has 4 bridgehead atoms. The van der Waals surface area contributed by atoms with E-state index in [0.29, 0.717) is 17.3 Å². The van der Waals surface area contributed by atoms with Gasteiger partial charge in [0, 0.05) is 18.0 Å². The molecule has 0 aromatic heterocycles. The molecule has 1 unspecified atom stereocenters. The van der Waals surface area contributed by atoms with Crippen molar-refractivity contribution in [3.8, 4) is 0 Å². The number of nitrogens with one attached hydrogen (secondary N) is 1.